The molecule has 0 bridgehead atoms. The lowest BCUT2D eigenvalue weighted by molar-refractivity contribution is -0.363. The molecule has 0 N–H and O–H groups in total. The fourth-order valence-corrected chi connectivity index (χ4v) is 8.30. The minimum absolute atomic E-state index is 0.0552. The third-order valence-corrected chi connectivity index (χ3v) is 11.7. The van der Waals surface area contributed by atoms with Crippen molar-refractivity contribution in [2.45, 2.75) is 122 Å². The monoisotopic (exact) mass is 935 g/mol. The van der Waals surface area contributed by atoms with Crippen molar-refractivity contribution in [1.82, 2.24) is 4.90 Å². The van der Waals surface area contributed by atoms with Crippen LogP contribution in [0.4, 0.5) is 0 Å². The highest BCUT2D eigenvalue weighted by molar-refractivity contribution is 6.19. The zero-order valence-electron chi connectivity index (χ0n) is 38.6. The van der Waals surface area contributed by atoms with E-state index in [9.17, 15) is 24.0 Å². The van der Waals surface area contributed by atoms with Gasteiger partial charge in [-0.05, 0) is 36.1 Å². The summed E-state index contributed by atoms with van der Waals surface area (Å²) in [5, 5.41) is 0. The molecule has 68 heavy (non-hydrogen) atoms. The van der Waals surface area contributed by atoms with Gasteiger partial charge in [0, 0.05) is 31.9 Å². The van der Waals surface area contributed by atoms with Crippen molar-refractivity contribution in [2.24, 2.45) is 0 Å². The first-order valence-electron chi connectivity index (χ1n) is 22.5. The van der Waals surface area contributed by atoms with Crippen molar-refractivity contribution in [2.75, 3.05) is 13.2 Å². The van der Waals surface area contributed by atoms with Crippen molar-refractivity contribution in [3.05, 3.63) is 155 Å². The second-order valence-corrected chi connectivity index (χ2v) is 16.7. The van der Waals surface area contributed by atoms with Gasteiger partial charge in [-0.1, -0.05) is 121 Å². The average Bonchev–Trinajstić information content (AvgIpc) is 3.52. The van der Waals surface area contributed by atoms with Crippen LogP contribution in [0, 0.1) is 0 Å². The first-order valence-corrected chi connectivity index (χ1v) is 22.5. The van der Waals surface area contributed by atoms with Gasteiger partial charge in [0.15, 0.2) is 24.8 Å². The fourth-order valence-electron chi connectivity index (χ4n) is 8.30. The summed E-state index contributed by atoms with van der Waals surface area (Å²) < 4.78 is 64.3. The smallest absolute Gasteiger partial charge is 0.303 e. The molecule has 0 spiro atoms. The van der Waals surface area contributed by atoms with E-state index in [1.165, 1.54) is 20.8 Å². The molecule has 0 radical (unpaired) electrons. The van der Waals surface area contributed by atoms with Crippen LogP contribution in [-0.4, -0.2) is 109 Å². The van der Waals surface area contributed by atoms with E-state index in [-0.39, 0.29) is 44.2 Å². The lowest BCUT2D eigenvalue weighted by atomic mass is 9.93. The second-order valence-electron chi connectivity index (χ2n) is 16.7. The minimum atomic E-state index is -1.69. The van der Waals surface area contributed by atoms with E-state index >= 15 is 0 Å². The predicted molar refractivity (Wildman–Crippen MR) is 241 cm³/mol. The van der Waals surface area contributed by atoms with Crippen LogP contribution in [-0.2, 0) is 97.8 Å². The number of carbonyl (C=O) groups excluding carboxylic acids is 5. The molecule has 0 unspecified atom stereocenters. The van der Waals surface area contributed by atoms with Crippen LogP contribution in [0.15, 0.2) is 132 Å². The Labute approximate surface area is 395 Å². The maximum atomic E-state index is 14.2. The molecule has 3 aliphatic heterocycles. The van der Waals surface area contributed by atoms with Crippen LogP contribution < -0.4 is 0 Å². The third-order valence-electron chi connectivity index (χ3n) is 11.7. The van der Waals surface area contributed by atoms with E-state index in [4.69, 9.17) is 47.4 Å². The van der Waals surface area contributed by atoms with Crippen molar-refractivity contribution >= 4 is 29.7 Å². The highest BCUT2D eigenvalue weighted by Crippen LogP contribution is 2.39. The van der Waals surface area contributed by atoms with E-state index in [1.807, 2.05) is 121 Å². The molecule has 16 nitrogen and oxygen atoms in total. The van der Waals surface area contributed by atoms with E-state index in [2.05, 4.69) is 0 Å². The van der Waals surface area contributed by atoms with Gasteiger partial charge in [0.25, 0.3) is 11.8 Å². The molecule has 0 aromatic heterocycles. The normalized spacial score (nSPS) is 26.1. The molecular weight excluding hydrogens is 879 g/mol. The number of amides is 2. The number of hydrogen-bond acceptors (Lipinski definition) is 15. The summed E-state index contributed by atoms with van der Waals surface area (Å²) in [7, 11) is 0. The number of benzene rings is 4. The van der Waals surface area contributed by atoms with Gasteiger partial charge in [0.1, 0.15) is 43.2 Å². The Balaban J connectivity index is 1.35. The quantitative estimate of drug-likeness (QED) is 0.0578. The second kappa shape index (κ2) is 23.8. The molecule has 10 atom stereocenters. The van der Waals surface area contributed by atoms with Crippen LogP contribution >= 0.6 is 0 Å². The molecule has 2 saturated heterocycles. The molecular formula is C52H57NO15. The Kier molecular flexibility index (Phi) is 17.4. The van der Waals surface area contributed by atoms with Crippen molar-refractivity contribution in [3.8, 4) is 0 Å². The maximum absolute atomic E-state index is 14.2. The first kappa shape index (κ1) is 49.8. The number of ether oxygens (including phenoxy) is 10. The highest BCUT2D eigenvalue weighted by atomic mass is 16.8. The fraction of sp³-hybridized carbons (Fsp3) is 0.404. The van der Waals surface area contributed by atoms with Gasteiger partial charge in [0.2, 0.25) is 0 Å². The summed E-state index contributed by atoms with van der Waals surface area (Å²) in [6, 6.07) is 36.4. The van der Waals surface area contributed by atoms with Gasteiger partial charge in [-0.15, -0.1) is 0 Å². The summed E-state index contributed by atoms with van der Waals surface area (Å²) in [4.78, 5) is 67.4. The Morgan fingerprint density at radius 2 is 0.912 bits per heavy atom. The molecule has 3 heterocycles. The number of rotatable bonds is 20. The zero-order valence-corrected chi connectivity index (χ0v) is 38.6. The minimum Gasteiger partial charge on any atom is -0.463 e. The van der Waals surface area contributed by atoms with Crippen LogP contribution in [0.5, 0.6) is 0 Å². The maximum Gasteiger partial charge on any atom is 0.303 e. The Morgan fingerprint density at radius 1 is 0.485 bits per heavy atom. The molecule has 2 fully saturated rings. The van der Waals surface area contributed by atoms with E-state index in [1.54, 1.807) is 0 Å². The Hall–Kier alpha value is -6.11. The molecule has 2 amide bonds. The Morgan fingerprint density at radius 3 is 1.40 bits per heavy atom. The van der Waals surface area contributed by atoms with Gasteiger partial charge >= 0.3 is 17.9 Å². The standard InChI is InChI=1S/C52H57NO15/c1-32-33(2)50(58)53(49(32)57)43-46(65-36(5)56)44(64-35(4)55)42(31-60-34(3)54)66-51(43)68-45-41(30-59-26-37-18-10-6-11-19-37)67-52(63-29-40-24-16-9-17-25-40)48(62-28-39-22-14-8-15-23-39)47(45)61-27-38-20-12-7-13-21-38/h6-25,41-48,51-52H,26-31H2,1-5H3/t41-,42-,43-,44-,45-,46-,47+,48-,51+,52-/m1/s1. The van der Waals surface area contributed by atoms with Gasteiger partial charge in [-0.3, -0.25) is 28.9 Å². The number of nitrogens with zero attached hydrogens (tertiary/aromatic N) is 1. The van der Waals surface area contributed by atoms with Crippen LogP contribution in [0.25, 0.3) is 0 Å². The largest absolute Gasteiger partial charge is 0.463 e. The SMILES string of the molecule is CC(=O)OC[C@H]1O[C@@H](O[C@H]2[C@H](OCc3ccccc3)[C@@H](OCc3ccccc3)[C@H](OCc3ccccc3)O[C@@H]2COCc2ccccc2)[C@H](N2C(=O)C(C)=C(C)C2=O)[C@@H](OC(C)=O)[C@@H]1OC(C)=O. The van der Waals surface area contributed by atoms with E-state index in [0.29, 0.717) is 0 Å². The molecule has 3 aliphatic rings. The average molecular weight is 936 g/mol. The van der Waals surface area contributed by atoms with Crippen molar-refractivity contribution < 1.29 is 71.3 Å². The predicted octanol–water partition coefficient (Wildman–Crippen LogP) is 5.93. The molecule has 360 valence electrons. The van der Waals surface area contributed by atoms with Crippen LogP contribution in [0.3, 0.4) is 0 Å². The number of imide groups is 1. The lowest BCUT2D eigenvalue weighted by Gasteiger charge is -2.51. The van der Waals surface area contributed by atoms with Gasteiger partial charge in [0.05, 0.1) is 33.0 Å². The summed E-state index contributed by atoms with van der Waals surface area (Å²) in [6.45, 7) is 6.28. The summed E-state index contributed by atoms with van der Waals surface area (Å²) >= 11 is 0. The van der Waals surface area contributed by atoms with E-state index in [0.717, 1.165) is 41.0 Å². The molecule has 0 aliphatic carbocycles. The zero-order chi connectivity index (χ0) is 48.2. The van der Waals surface area contributed by atoms with Gasteiger partial charge < -0.3 is 47.4 Å². The Bertz CT molecular complexity index is 2320. The number of hydrogen-bond donors (Lipinski definition) is 0. The van der Waals surface area contributed by atoms with Crippen LogP contribution in [0.1, 0.15) is 56.9 Å². The van der Waals surface area contributed by atoms with E-state index < -0.39 is 97.7 Å². The summed E-state index contributed by atoms with van der Waals surface area (Å²) in [5.74, 6) is -3.77. The molecule has 4 aromatic carbocycles. The lowest BCUT2D eigenvalue weighted by Crippen LogP contribution is -2.70. The number of esters is 3. The van der Waals surface area contributed by atoms with Crippen molar-refractivity contribution in [1.29, 1.82) is 0 Å². The topological polar surface area (TPSA) is 181 Å². The molecule has 0 saturated carbocycles. The first-order chi connectivity index (χ1) is 32.9. The van der Waals surface area contributed by atoms with Gasteiger partial charge in [-0.25, -0.2) is 0 Å². The highest BCUT2D eigenvalue weighted by Gasteiger charge is 2.59. The number of carbonyl (C=O) groups is 5. The molecule has 7 rings (SSSR count). The van der Waals surface area contributed by atoms with Crippen molar-refractivity contribution in [3.63, 3.8) is 0 Å². The summed E-state index contributed by atoms with van der Waals surface area (Å²) in [5.41, 5.74) is 3.67. The molecule has 4 aromatic rings. The third kappa shape index (κ3) is 12.7. The molecule has 16 heteroatoms. The summed E-state index contributed by atoms with van der Waals surface area (Å²) in [6.07, 6.45) is -11.6. The van der Waals surface area contributed by atoms with Gasteiger partial charge in [-0.2, -0.15) is 0 Å². The van der Waals surface area contributed by atoms with Crippen LogP contribution in [0.2, 0.25) is 0 Å².